The molecule has 0 aliphatic carbocycles. The molecule has 0 unspecified atom stereocenters. The van der Waals surface area contributed by atoms with Gasteiger partial charge in [0, 0.05) is 23.4 Å². The molecule has 0 aromatic heterocycles. The zero-order valence-electron chi connectivity index (χ0n) is 20.0. The SMILES string of the molecule is CSc1cccc(NC(=O)C[C@H]2SC(N3N=C(c4ccc(C)cc4)C[C@@H]3c3ccccc3)=NC2=O)c1. The molecule has 0 fully saturated rings. The highest BCUT2D eigenvalue weighted by Gasteiger charge is 2.39. The summed E-state index contributed by atoms with van der Waals surface area (Å²) in [6.07, 6.45) is 2.75. The average molecular weight is 515 g/mol. The summed E-state index contributed by atoms with van der Waals surface area (Å²) >= 11 is 2.92. The number of hydrogen-bond donors (Lipinski definition) is 1. The molecule has 0 radical (unpaired) electrons. The fourth-order valence-corrected chi connectivity index (χ4v) is 5.75. The number of aryl methyl sites for hydroxylation is 1. The Kier molecular flexibility index (Phi) is 7.25. The summed E-state index contributed by atoms with van der Waals surface area (Å²) in [5, 5.41) is 9.64. The van der Waals surface area contributed by atoms with Gasteiger partial charge in [0.05, 0.1) is 11.8 Å². The summed E-state index contributed by atoms with van der Waals surface area (Å²) < 4.78 is 0. The molecule has 6 nitrogen and oxygen atoms in total. The van der Waals surface area contributed by atoms with Crippen molar-refractivity contribution < 1.29 is 9.59 Å². The van der Waals surface area contributed by atoms with E-state index in [0.29, 0.717) is 11.6 Å². The molecule has 36 heavy (non-hydrogen) atoms. The molecule has 3 aromatic carbocycles. The Morgan fingerprint density at radius 2 is 1.86 bits per heavy atom. The third-order valence-electron chi connectivity index (χ3n) is 6.13. The number of carbonyl (C=O) groups excluding carboxylic acids is 2. The summed E-state index contributed by atoms with van der Waals surface area (Å²) in [5.41, 5.74) is 5.03. The van der Waals surface area contributed by atoms with E-state index in [2.05, 4.69) is 53.6 Å². The van der Waals surface area contributed by atoms with Crippen LogP contribution in [0, 0.1) is 6.92 Å². The number of benzene rings is 3. The number of nitrogens with zero attached hydrogens (tertiary/aromatic N) is 3. The van der Waals surface area contributed by atoms with Gasteiger partial charge in [-0.05, 0) is 42.5 Å². The van der Waals surface area contributed by atoms with Gasteiger partial charge in [0.25, 0.3) is 5.91 Å². The van der Waals surface area contributed by atoms with Crippen LogP contribution in [-0.2, 0) is 9.59 Å². The zero-order chi connectivity index (χ0) is 25.1. The van der Waals surface area contributed by atoms with E-state index in [1.54, 1.807) is 11.8 Å². The highest BCUT2D eigenvalue weighted by atomic mass is 32.2. The van der Waals surface area contributed by atoms with Crippen molar-refractivity contribution in [2.75, 3.05) is 11.6 Å². The summed E-state index contributed by atoms with van der Waals surface area (Å²) in [7, 11) is 0. The van der Waals surface area contributed by atoms with Crippen molar-refractivity contribution in [3.63, 3.8) is 0 Å². The van der Waals surface area contributed by atoms with Crippen LogP contribution >= 0.6 is 23.5 Å². The molecule has 1 N–H and O–H groups in total. The smallest absolute Gasteiger partial charge is 0.262 e. The molecule has 0 bridgehead atoms. The molecular weight excluding hydrogens is 488 g/mol. The standard InChI is InChI=1S/C28H26N4O2S2/c1-18-11-13-19(14-12-18)23-16-24(20-7-4-3-5-8-20)32(31-23)28-30-27(34)25(36-28)17-26(33)29-21-9-6-10-22(15-21)35-2/h3-15,24-25H,16-17H2,1-2H3,(H,29,33)/t24-,25-/m1/s1. The second-order valence-corrected chi connectivity index (χ2v) is 10.8. The quantitative estimate of drug-likeness (QED) is 0.415. The number of aliphatic imine (C=N–C) groups is 1. The molecule has 2 atom stereocenters. The van der Waals surface area contributed by atoms with Gasteiger partial charge in [0.1, 0.15) is 5.25 Å². The van der Waals surface area contributed by atoms with Crippen molar-refractivity contribution in [3.8, 4) is 0 Å². The molecule has 0 spiro atoms. The zero-order valence-corrected chi connectivity index (χ0v) is 21.7. The van der Waals surface area contributed by atoms with Crippen LogP contribution in [0.4, 0.5) is 5.69 Å². The van der Waals surface area contributed by atoms with Gasteiger partial charge in [0.15, 0.2) is 5.17 Å². The van der Waals surface area contributed by atoms with Gasteiger partial charge in [-0.1, -0.05) is 78.0 Å². The molecule has 182 valence electrons. The number of rotatable bonds is 6. The van der Waals surface area contributed by atoms with E-state index in [9.17, 15) is 9.59 Å². The molecule has 2 aliphatic heterocycles. The van der Waals surface area contributed by atoms with Crippen molar-refractivity contribution in [1.82, 2.24) is 5.01 Å². The number of amidine groups is 1. The Labute approximate surface area is 219 Å². The van der Waals surface area contributed by atoms with Crippen LogP contribution in [0.2, 0.25) is 0 Å². The Balaban J connectivity index is 1.33. The van der Waals surface area contributed by atoms with Crippen LogP contribution in [0.1, 0.15) is 35.6 Å². The first-order valence-electron chi connectivity index (χ1n) is 11.7. The Morgan fingerprint density at radius 1 is 1.08 bits per heavy atom. The number of thioether (sulfide) groups is 2. The largest absolute Gasteiger partial charge is 0.326 e. The first kappa shape index (κ1) is 24.3. The lowest BCUT2D eigenvalue weighted by Crippen LogP contribution is -2.25. The second kappa shape index (κ2) is 10.7. The molecule has 0 saturated carbocycles. The molecule has 5 rings (SSSR count). The van der Waals surface area contributed by atoms with Crippen LogP contribution in [-0.4, -0.2) is 39.2 Å². The van der Waals surface area contributed by atoms with E-state index in [1.807, 2.05) is 53.7 Å². The van der Waals surface area contributed by atoms with Crippen LogP contribution in [0.25, 0.3) is 0 Å². The third-order valence-corrected chi connectivity index (χ3v) is 8.00. The van der Waals surface area contributed by atoms with Crippen molar-refractivity contribution in [1.29, 1.82) is 0 Å². The minimum absolute atomic E-state index is 0.0539. The molecule has 0 saturated heterocycles. The molecule has 8 heteroatoms. The fraction of sp³-hybridized carbons (Fsp3) is 0.214. The average Bonchev–Trinajstić information content (AvgIpc) is 3.49. The number of hydrogen-bond acceptors (Lipinski definition) is 6. The summed E-state index contributed by atoms with van der Waals surface area (Å²) in [6, 6.07) is 26.0. The monoisotopic (exact) mass is 514 g/mol. The van der Waals surface area contributed by atoms with Crippen LogP contribution in [0.15, 0.2) is 93.9 Å². The van der Waals surface area contributed by atoms with Crippen LogP contribution < -0.4 is 5.32 Å². The van der Waals surface area contributed by atoms with Crippen LogP contribution in [0.5, 0.6) is 0 Å². The number of amides is 2. The molecule has 2 aliphatic rings. The number of nitrogens with one attached hydrogen (secondary N) is 1. The minimum Gasteiger partial charge on any atom is -0.326 e. The molecule has 2 amide bonds. The van der Waals surface area contributed by atoms with Gasteiger partial charge in [-0.2, -0.15) is 10.1 Å². The van der Waals surface area contributed by atoms with E-state index < -0.39 is 5.25 Å². The van der Waals surface area contributed by atoms with E-state index in [4.69, 9.17) is 5.10 Å². The number of carbonyl (C=O) groups is 2. The number of hydrazone groups is 1. The van der Waals surface area contributed by atoms with E-state index in [1.165, 1.54) is 17.3 Å². The van der Waals surface area contributed by atoms with Crippen molar-refractivity contribution >= 4 is 51.9 Å². The minimum atomic E-state index is -0.571. The summed E-state index contributed by atoms with van der Waals surface area (Å²) in [5.74, 6) is -0.505. The Bertz CT molecular complexity index is 1340. The fourth-order valence-electron chi connectivity index (χ4n) is 4.23. The highest BCUT2D eigenvalue weighted by molar-refractivity contribution is 8.15. The normalized spacial score (nSPS) is 19.3. The highest BCUT2D eigenvalue weighted by Crippen LogP contribution is 2.38. The Hall–Kier alpha value is -3.36. The summed E-state index contributed by atoms with van der Waals surface area (Å²) in [6.45, 7) is 2.06. The number of anilines is 1. The van der Waals surface area contributed by atoms with Crippen molar-refractivity contribution in [2.45, 2.75) is 36.0 Å². The maximum Gasteiger partial charge on any atom is 0.262 e. The van der Waals surface area contributed by atoms with Gasteiger partial charge in [-0.3, -0.25) is 9.59 Å². The van der Waals surface area contributed by atoms with Gasteiger partial charge in [-0.25, -0.2) is 5.01 Å². The van der Waals surface area contributed by atoms with E-state index in [-0.39, 0.29) is 24.3 Å². The lowest BCUT2D eigenvalue weighted by Gasteiger charge is -2.23. The maximum atomic E-state index is 12.8. The van der Waals surface area contributed by atoms with Crippen molar-refractivity contribution in [2.24, 2.45) is 10.1 Å². The molecular formula is C28H26N4O2S2. The third kappa shape index (κ3) is 5.39. The first-order chi connectivity index (χ1) is 17.5. The lowest BCUT2D eigenvalue weighted by molar-refractivity contribution is -0.121. The topological polar surface area (TPSA) is 74.1 Å². The van der Waals surface area contributed by atoms with Gasteiger partial charge in [-0.15, -0.1) is 11.8 Å². The van der Waals surface area contributed by atoms with Crippen LogP contribution in [0.3, 0.4) is 0 Å². The Morgan fingerprint density at radius 3 is 2.61 bits per heavy atom. The van der Waals surface area contributed by atoms with E-state index in [0.717, 1.165) is 27.4 Å². The van der Waals surface area contributed by atoms with Gasteiger partial charge < -0.3 is 5.32 Å². The predicted octanol–water partition coefficient (Wildman–Crippen LogP) is 5.89. The molecule has 3 aromatic rings. The van der Waals surface area contributed by atoms with E-state index >= 15 is 0 Å². The molecule has 2 heterocycles. The van der Waals surface area contributed by atoms with Gasteiger partial charge >= 0.3 is 0 Å². The van der Waals surface area contributed by atoms with Crippen molar-refractivity contribution in [3.05, 3.63) is 95.6 Å². The lowest BCUT2D eigenvalue weighted by atomic mass is 9.98. The predicted molar refractivity (Wildman–Crippen MR) is 149 cm³/mol. The first-order valence-corrected chi connectivity index (χ1v) is 13.8. The van der Waals surface area contributed by atoms with Gasteiger partial charge in [0.2, 0.25) is 5.91 Å². The maximum absolute atomic E-state index is 12.8. The summed E-state index contributed by atoms with van der Waals surface area (Å²) in [4.78, 5) is 30.9. The second-order valence-electron chi connectivity index (χ2n) is 8.71.